The molecule has 1 aliphatic rings. The summed E-state index contributed by atoms with van der Waals surface area (Å²) in [6, 6.07) is 29.9. The Hall–Kier alpha value is -2.95. The largest absolute Gasteiger partial charge is 0.394 e. The first-order valence-corrected chi connectivity index (χ1v) is 11.4. The van der Waals surface area contributed by atoms with Gasteiger partial charge in [-0.1, -0.05) is 91.0 Å². The van der Waals surface area contributed by atoms with E-state index in [-0.39, 0.29) is 30.6 Å². The van der Waals surface area contributed by atoms with Crippen LogP contribution in [-0.4, -0.2) is 47.8 Å². The van der Waals surface area contributed by atoms with Crippen molar-refractivity contribution in [1.29, 1.82) is 0 Å². The van der Waals surface area contributed by atoms with Crippen LogP contribution in [0.25, 0.3) is 0 Å². The quantitative estimate of drug-likeness (QED) is 0.512. The van der Waals surface area contributed by atoms with Gasteiger partial charge in [-0.05, 0) is 36.0 Å². The summed E-state index contributed by atoms with van der Waals surface area (Å²) in [7, 11) is 0. The number of hydrogen-bond acceptors (Lipinski definition) is 3. The van der Waals surface area contributed by atoms with Gasteiger partial charge in [0.2, 0.25) is 5.91 Å². The fraction of sp³-hybridized carbons (Fsp3) is 0.321. The zero-order valence-electron chi connectivity index (χ0n) is 18.3. The number of rotatable bonds is 9. The monoisotopic (exact) mass is 429 g/mol. The van der Waals surface area contributed by atoms with Gasteiger partial charge in [-0.3, -0.25) is 4.79 Å². The van der Waals surface area contributed by atoms with Gasteiger partial charge < -0.3 is 14.7 Å². The Morgan fingerprint density at radius 2 is 1.47 bits per heavy atom. The van der Waals surface area contributed by atoms with Gasteiger partial charge in [-0.2, -0.15) is 0 Å². The van der Waals surface area contributed by atoms with E-state index in [0.29, 0.717) is 19.6 Å². The van der Waals surface area contributed by atoms with Crippen molar-refractivity contribution in [2.75, 3.05) is 19.8 Å². The molecule has 1 aliphatic heterocycles. The van der Waals surface area contributed by atoms with E-state index in [9.17, 15) is 9.90 Å². The molecular weight excluding hydrogens is 398 g/mol. The fourth-order valence-corrected chi connectivity index (χ4v) is 4.54. The van der Waals surface area contributed by atoms with Crippen LogP contribution in [0.2, 0.25) is 0 Å². The molecule has 32 heavy (non-hydrogen) atoms. The number of carbonyl (C=O) groups excluding carboxylic acids is 1. The van der Waals surface area contributed by atoms with Crippen molar-refractivity contribution in [2.24, 2.45) is 0 Å². The summed E-state index contributed by atoms with van der Waals surface area (Å²) >= 11 is 0. The van der Waals surface area contributed by atoms with Crippen LogP contribution in [0.3, 0.4) is 0 Å². The molecular formula is C28H31NO3. The van der Waals surface area contributed by atoms with Gasteiger partial charge in [0.25, 0.3) is 0 Å². The zero-order valence-corrected chi connectivity index (χ0v) is 18.3. The van der Waals surface area contributed by atoms with Crippen LogP contribution in [0.5, 0.6) is 0 Å². The van der Waals surface area contributed by atoms with Gasteiger partial charge in [-0.15, -0.1) is 0 Å². The van der Waals surface area contributed by atoms with Crippen LogP contribution in [0.4, 0.5) is 0 Å². The number of likely N-dealkylation sites (tertiary alicyclic amines) is 1. The van der Waals surface area contributed by atoms with E-state index in [0.717, 1.165) is 24.0 Å². The van der Waals surface area contributed by atoms with Crippen molar-refractivity contribution >= 4 is 5.91 Å². The topological polar surface area (TPSA) is 49.8 Å². The fourth-order valence-electron chi connectivity index (χ4n) is 4.54. The summed E-state index contributed by atoms with van der Waals surface area (Å²) < 4.78 is 6.12. The molecule has 4 heteroatoms. The zero-order chi connectivity index (χ0) is 22.2. The molecule has 166 valence electrons. The van der Waals surface area contributed by atoms with E-state index in [1.807, 2.05) is 71.6 Å². The van der Waals surface area contributed by atoms with Gasteiger partial charge in [0.1, 0.15) is 0 Å². The maximum atomic E-state index is 13.7. The molecule has 2 atom stereocenters. The number of benzene rings is 3. The number of carbonyl (C=O) groups is 1. The SMILES string of the molecule is O=C(C(c1ccccc1)c1ccccc1)N1CC(OCCCc2ccccc2)CC1CO. The van der Waals surface area contributed by atoms with Crippen molar-refractivity contribution in [3.63, 3.8) is 0 Å². The summed E-state index contributed by atoms with van der Waals surface area (Å²) in [6.07, 6.45) is 2.54. The van der Waals surface area contributed by atoms with Crippen LogP contribution >= 0.6 is 0 Å². The molecule has 0 saturated carbocycles. The summed E-state index contributed by atoms with van der Waals surface area (Å²) in [5.41, 5.74) is 3.24. The Kier molecular flexibility index (Phi) is 7.70. The minimum absolute atomic E-state index is 0.0248. The lowest BCUT2D eigenvalue weighted by Crippen LogP contribution is -2.41. The average molecular weight is 430 g/mol. The third kappa shape index (κ3) is 5.45. The van der Waals surface area contributed by atoms with Crippen molar-refractivity contribution in [2.45, 2.75) is 37.3 Å². The van der Waals surface area contributed by atoms with E-state index < -0.39 is 0 Å². The van der Waals surface area contributed by atoms with Crippen LogP contribution in [0, 0.1) is 0 Å². The number of aryl methyl sites for hydroxylation is 1. The normalized spacial score (nSPS) is 18.2. The molecule has 1 N–H and O–H groups in total. The number of aliphatic hydroxyl groups excluding tert-OH is 1. The van der Waals surface area contributed by atoms with E-state index in [4.69, 9.17) is 4.74 Å². The highest BCUT2D eigenvalue weighted by Gasteiger charge is 2.39. The third-order valence-corrected chi connectivity index (χ3v) is 6.19. The maximum absolute atomic E-state index is 13.7. The van der Waals surface area contributed by atoms with Gasteiger partial charge in [-0.25, -0.2) is 0 Å². The van der Waals surface area contributed by atoms with Crippen molar-refractivity contribution in [1.82, 2.24) is 4.90 Å². The van der Waals surface area contributed by atoms with Gasteiger partial charge in [0, 0.05) is 13.2 Å². The molecule has 0 aliphatic carbocycles. The first-order chi connectivity index (χ1) is 15.8. The number of aliphatic hydroxyl groups is 1. The van der Waals surface area contributed by atoms with Gasteiger partial charge in [0.15, 0.2) is 0 Å². The van der Waals surface area contributed by atoms with E-state index in [1.165, 1.54) is 5.56 Å². The molecule has 1 heterocycles. The Morgan fingerprint density at radius 1 is 0.906 bits per heavy atom. The first kappa shape index (κ1) is 22.3. The molecule has 2 unspecified atom stereocenters. The molecule has 3 aromatic rings. The molecule has 1 saturated heterocycles. The van der Waals surface area contributed by atoms with E-state index in [1.54, 1.807) is 0 Å². The lowest BCUT2D eigenvalue weighted by Gasteiger charge is -2.28. The minimum atomic E-state index is -0.386. The van der Waals surface area contributed by atoms with Crippen molar-refractivity contribution in [3.05, 3.63) is 108 Å². The Bertz CT molecular complexity index is 922. The molecule has 4 nitrogen and oxygen atoms in total. The van der Waals surface area contributed by atoms with Gasteiger partial charge >= 0.3 is 0 Å². The number of hydrogen-bond donors (Lipinski definition) is 1. The number of nitrogens with zero attached hydrogens (tertiary/aromatic N) is 1. The van der Waals surface area contributed by atoms with Crippen LogP contribution in [0.15, 0.2) is 91.0 Å². The van der Waals surface area contributed by atoms with Crippen LogP contribution in [-0.2, 0) is 16.0 Å². The van der Waals surface area contributed by atoms with E-state index >= 15 is 0 Å². The molecule has 0 aromatic heterocycles. The van der Waals surface area contributed by atoms with Crippen LogP contribution < -0.4 is 0 Å². The first-order valence-electron chi connectivity index (χ1n) is 11.4. The number of ether oxygens (including phenoxy) is 1. The molecule has 4 rings (SSSR count). The maximum Gasteiger partial charge on any atom is 0.234 e. The molecule has 0 radical (unpaired) electrons. The van der Waals surface area contributed by atoms with Crippen molar-refractivity contribution < 1.29 is 14.6 Å². The predicted octanol–water partition coefficient (Wildman–Crippen LogP) is 4.43. The second-order valence-electron chi connectivity index (χ2n) is 8.40. The third-order valence-electron chi connectivity index (χ3n) is 6.19. The standard InChI is InChI=1S/C28H31NO3/c30-21-25-19-26(32-18-10-13-22-11-4-1-5-12-22)20-29(25)28(31)27(23-14-6-2-7-15-23)24-16-8-3-9-17-24/h1-9,11-12,14-17,25-27,30H,10,13,18-21H2. The minimum Gasteiger partial charge on any atom is -0.394 e. The summed E-state index contributed by atoms with van der Waals surface area (Å²) in [4.78, 5) is 15.6. The lowest BCUT2D eigenvalue weighted by molar-refractivity contribution is -0.133. The summed E-state index contributed by atoms with van der Waals surface area (Å²) in [5.74, 6) is -0.361. The van der Waals surface area contributed by atoms with Crippen molar-refractivity contribution in [3.8, 4) is 0 Å². The molecule has 0 spiro atoms. The smallest absolute Gasteiger partial charge is 0.234 e. The molecule has 0 bridgehead atoms. The highest BCUT2D eigenvalue weighted by Crippen LogP contribution is 2.31. The average Bonchev–Trinajstić information content (AvgIpc) is 3.27. The Labute approximate surface area is 190 Å². The summed E-state index contributed by atoms with van der Waals surface area (Å²) in [6.45, 7) is 1.12. The second kappa shape index (κ2) is 11.1. The van der Waals surface area contributed by atoms with Gasteiger partial charge in [0.05, 0.1) is 24.7 Å². The highest BCUT2D eigenvalue weighted by molar-refractivity contribution is 5.87. The Morgan fingerprint density at radius 3 is 2.03 bits per heavy atom. The Balaban J connectivity index is 1.42. The summed E-state index contributed by atoms with van der Waals surface area (Å²) in [5, 5.41) is 10.00. The molecule has 1 amide bonds. The van der Waals surface area contributed by atoms with E-state index in [2.05, 4.69) is 24.3 Å². The second-order valence-corrected chi connectivity index (χ2v) is 8.40. The highest BCUT2D eigenvalue weighted by atomic mass is 16.5. The molecule has 1 fully saturated rings. The van der Waals surface area contributed by atoms with Crippen LogP contribution in [0.1, 0.15) is 35.4 Å². The lowest BCUT2D eigenvalue weighted by atomic mass is 9.90. The predicted molar refractivity (Wildman–Crippen MR) is 126 cm³/mol. The number of amides is 1. The molecule has 3 aromatic carbocycles.